The van der Waals surface area contributed by atoms with Crippen LogP contribution in [0.3, 0.4) is 0 Å². The average Bonchev–Trinajstić information content (AvgIpc) is 3.06. The Morgan fingerprint density at radius 1 is 1.10 bits per heavy atom. The van der Waals surface area contributed by atoms with Crippen LogP contribution in [0.2, 0.25) is 0 Å². The van der Waals surface area contributed by atoms with Crippen LogP contribution in [0, 0.1) is 6.92 Å². The summed E-state index contributed by atoms with van der Waals surface area (Å²) in [6.45, 7) is 8.09. The maximum absolute atomic E-state index is 12.5. The number of nitrogens with one attached hydrogen (secondary N) is 2. The van der Waals surface area contributed by atoms with E-state index in [1.807, 2.05) is 43.3 Å². The molecular weight excluding hydrogens is 388 g/mol. The normalized spacial score (nSPS) is 18.2. The molecule has 6 nitrogen and oxygen atoms in total. The second-order valence-electron chi connectivity index (χ2n) is 8.91. The molecule has 6 heteroatoms. The zero-order valence-electron chi connectivity index (χ0n) is 18.4. The molecule has 0 unspecified atom stereocenters. The van der Waals surface area contributed by atoms with Crippen LogP contribution in [0.15, 0.2) is 53.5 Å². The van der Waals surface area contributed by atoms with E-state index in [9.17, 15) is 9.59 Å². The van der Waals surface area contributed by atoms with Gasteiger partial charge in [0, 0.05) is 37.2 Å². The number of piperidine rings is 1. The molecule has 1 spiro atoms. The predicted molar refractivity (Wildman–Crippen MR) is 123 cm³/mol. The summed E-state index contributed by atoms with van der Waals surface area (Å²) in [7, 11) is 0. The highest BCUT2D eigenvalue weighted by atomic mass is 16.2. The minimum absolute atomic E-state index is 0.0208. The zero-order chi connectivity index (χ0) is 22.0. The van der Waals surface area contributed by atoms with E-state index in [0.29, 0.717) is 44.1 Å². The number of benzene rings is 2. The van der Waals surface area contributed by atoms with Crippen LogP contribution in [-0.2, 0) is 9.59 Å². The maximum atomic E-state index is 12.5. The van der Waals surface area contributed by atoms with Crippen molar-refractivity contribution in [2.75, 3.05) is 25.0 Å². The topological polar surface area (TPSA) is 73.8 Å². The number of hydrogen-bond acceptors (Lipinski definition) is 4. The van der Waals surface area contributed by atoms with E-state index >= 15 is 0 Å². The number of aryl methyl sites for hydroxylation is 1. The molecule has 162 valence electrons. The predicted octanol–water partition coefficient (Wildman–Crippen LogP) is 3.47. The summed E-state index contributed by atoms with van der Waals surface area (Å²) >= 11 is 0. The Morgan fingerprint density at radius 2 is 1.74 bits per heavy atom. The number of likely N-dealkylation sites (tertiary alicyclic amines) is 1. The fraction of sp³-hybridized carbons (Fsp3) is 0.400. The number of carbonyl (C=O) groups is 2. The summed E-state index contributed by atoms with van der Waals surface area (Å²) in [5.41, 5.74) is 4.04. The fourth-order valence-electron chi connectivity index (χ4n) is 4.14. The summed E-state index contributed by atoms with van der Waals surface area (Å²) in [5, 5.41) is 6.07. The van der Waals surface area contributed by atoms with Gasteiger partial charge in [0.15, 0.2) is 0 Å². The number of hydrogen-bond donors (Lipinski definition) is 2. The molecule has 2 amide bonds. The number of anilines is 1. The van der Waals surface area contributed by atoms with Crippen LogP contribution in [-0.4, -0.2) is 47.7 Å². The van der Waals surface area contributed by atoms with Crippen LogP contribution in [0.1, 0.15) is 49.3 Å². The Morgan fingerprint density at radius 3 is 2.35 bits per heavy atom. The Kier molecular flexibility index (Phi) is 5.92. The van der Waals surface area contributed by atoms with Gasteiger partial charge in [-0.15, -0.1) is 0 Å². The van der Waals surface area contributed by atoms with Gasteiger partial charge in [-0.25, -0.2) is 0 Å². The SMILES string of the molecule is Cc1ccc(C2=NC3(CCN(CC(=O)Nc4ccc(C(C)C)cc4)CC3)NC2=O)cc1. The second-order valence-corrected chi connectivity index (χ2v) is 8.91. The molecule has 0 aliphatic carbocycles. The van der Waals surface area contributed by atoms with Crippen molar-refractivity contribution in [3.63, 3.8) is 0 Å². The highest BCUT2D eigenvalue weighted by Crippen LogP contribution is 2.29. The lowest BCUT2D eigenvalue weighted by molar-refractivity contribution is -0.119. The summed E-state index contributed by atoms with van der Waals surface area (Å²) in [6, 6.07) is 15.9. The van der Waals surface area contributed by atoms with Gasteiger partial charge in [-0.3, -0.25) is 19.5 Å². The Hall–Kier alpha value is -2.99. The highest BCUT2D eigenvalue weighted by molar-refractivity contribution is 6.46. The van der Waals surface area contributed by atoms with E-state index in [-0.39, 0.29) is 11.8 Å². The summed E-state index contributed by atoms with van der Waals surface area (Å²) < 4.78 is 0. The van der Waals surface area contributed by atoms with Crippen molar-refractivity contribution in [3.8, 4) is 0 Å². The molecule has 2 aromatic rings. The smallest absolute Gasteiger partial charge is 0.272 e. The van der Waals surface area contributed by atoms with Crippen LogP contribution in [0.4, 0.5) is 5.69 Å². The standard InChI is InChI=1S/C25H30N4O2/c1-17(2)19-8-10-21(11-9-19)26-22(30)16-29-14-12-25(13-15-29)27-23(24(31)28-25)20-6-4-18(3)5-7-20/h4-11,17H,12-16H2,1-3H3,(H,26,30)(H,28,31). The van der Waals surface area contributed by atoms with Gasteiger partial charge in [-0.1, -0.05) is 55.8 Å². The molecule has 0 bridgehead atoms. The van der Waals surface area contributed by atoms with Gasteiger partial charge in [0.25, 0.3) is 5.91 Å². The van der Waals surface area contributed by atoms with E-state index in [1.165, 1.54) is 5.56 Å². The van der Waals surface area contributed by atoms with Gasteiger partial charge < -0.3 is 10.6 Å². The number of amides is 2. The first-order chi connectivity index (χ1) is 14.8. The lowest BCUT2D eigenvalue weighted by Crippen LogP contribution is -2.52. The molecule has 0 saturated carbocycles. The molecule has 0 radical (unpaired) electrons. The Bertz CT molecular complexity index is 985. The van der Waals surface area contributed by atoms with Gasteiger partial charge >= 0.3 is 0 Å². The number of nitrogens with zero attached hydrogens (tertiary/aromatic N) is 2. The molecule has 0 atom stereocenters. The van der Waals surface area contributed by atoms with Gasteiger partial charge in [0.1, 0.15) is 11.4 Å². The van der Waals surface area contributed by atoms with Crippen molar-refractivity contribution >= 4 is 23.2 Å². The lowest BCUT2D eigenvalue weighted by atomic mass is 9.98. The van der Waals surface area contributed by atoms with Crippen molar-refractivity contribution in [3.05, 3.63) is 65.2 Å². The maximum Gasteiger partial charge on any atom is 0.272 e. The Balaban J connectivity index is 1.32. The molecule has 1 saturated heterocycles. The van der Waals surface area contributed by atoms with Gasteiger partial charge in [-0.05, 0) is 30.5 Å². The van der Waals surface area contributed by atoms with Crippen molar-refractivity contribution in [2.24, 2.45) is 4.99 Å². The van der Waals surface area contributed by atoms with Crippen molar-refractivity contribution < 1.29 is 9.59 Å². The van der Waals surface area contributed by atoms with Crippen molar-refractivity contribution in [1.82, 2.24) is 10.2 Å². The van der Waals surface area contributed by atoms with Crippen LogP contribution in [0.5, 0.6) is 0 Å². The molecule has 2 heterocycles. The largest absolute Gasteiger partial charge is 0.326 e. The molecule has 2 N–H and O–H groups in total. The number of aliphatic imine (C=N–C) groups is 1. The Labute approximate surface area is 183 Å². The summed E-state index contributed by atoms with van der Waals surface area (Å²) in [5.74, 6) is 0.336. The van der Waals surface area contributed by atoms with E-state index in [4.69, 9.17) is 4.99 Å². The van der Waals surface area contributed by atoms with E-state index in [0.717, 1.165) is 16.8 Å². The minimum atomic E-state index is -0.545. The third kappa shape index (κ3) is 4.85. The molecule has 4 rings (SSSR count). The highest BCUT2D eigenvalue weighted by Gasteiger charge is 2.42. The number of carbonyl (C=O) groups excluding carboxylic acids is 2. The van der Waals surface area contributed by atoms with E-state index < -0.39 is 5.66 Å². The van der Waals surface area contributed by atoms with Crippen LogP contribution >= 0.6 is 0 Å². The first kappa shape index (κ1) is 21.2. The lowest BCUT2D eigenvalue weighted by Gasteiger charge is -2.36. The van der Waals surface area contributed by atoms with Crippen LogP contribution in [0.25, 0.3) is 0 Å². The molecule has 2 aromatic carbocycles. The van der Waals surface area contributed by atoms with Gasteiger partial charge in [0.05, 0.1) is 6.54 Å². The van der Waals surface area contributed by atoms with E-state index in [2.05, 4.69) is 41.5 Å². The average molecular weight is 419 g/mol. The van der Waals surface area contributed by atoms with Crippen LogP contribution < -0.4 is 10.6 Å². The van der Waals surface area contributed by atoms with Gasteiger partial charge in [0.2, 0.25) is 5.91 Å². The molecule has 2 aliphatic rings. The van der Waals surface area contributed by atoms with Gasteiger partial charge in [-0.2, -0.15) is 0 Å². The first-order valence-corrected chi connectivity index (χ1v) is 11.0. The summed E-state index contributed by atoms with van der Waals surface area (Å²) in [4.78, 5) is 31.9. The fourth-order valence-corrected chi connectivity index (χ4v) is 4.14. The molecular formula is C25H30N4O2. The zero-order valence-corrected chi connectivity index (χ0v) is 18.4. The van der Waals surface area contributed by atoms with Crippen molar-refractivity contribution in [2.45, 2.75) is 45.2 Å². The molecule has 0 aromatic heterocycles. The first-order valence-electron chi connectivity index (χ1n) is 11.0. The minimum Gasteiger partial charge on any atom is -0.326 e. The molecule has 1 fully saturated rings. The second kappa shape index (κ2) is 8.63. The third-order valence-corrected chi connectivity index (χ3v) is 6.12. The summed E-state index contributed by atoms with van der Waals surface area (Å²) in [6.07, 6.45) is 1.40. The van der Waals surface area contributed by atoms with E-state index in [1.54, 1.807) is 0 Å². The van der Waals surface area contributed by atoms with Crippen molar-refractivity contribution in [1.29, 1.82) is 0 Å². The molecule has 2 aliphatic heterocycles. The number of rotatable bonds is 5. The monoisotopic (exact) mass is 418 g/mol. The third-order valence-electron chi connectivity index (χ3n) is 6.12. The molecule has 31 heavy (non-hydrogen) atoms. The quantitative estimate of drug-likeness (QED) is 0.781.